The highest BCUT2D eigenvalue weighted by molar-refractivity contribution is 5.99. The maximum Gasteiger partial charge on any atom is 0.205 e. The summed E-state index contributed by atoms with van der Waals surface area (Å²) in [5, 5.41) is 3.12. The number of benzene rings is 1. The van der Waals surface area contributed by atoms with Gasteiger partial charge in [0.1, 0.15) is 6.17 Å². The quantitative estimate of drug-likeness (QED) is 0.918. The SMILES string of the molecule is CNC1=NC(C)N=C(N(C)CCCc2ccccc2)N1C. The van der Waals surface area contributed by atoms with E-state index in [-0.39, 0.29) is 6.17 Å². The smallest absolute Gasteiger partial charge is 0.205 e. The van der Waals surface area contributed by atoms with E-state index in [4.69, 9.17) is 0 Å². The molecular formula is C16H25N5. The Morgan fingerprint density at radius 1 is 1.24 bits per heavy atom. The van der Waals surface area contributed by atoms with Gasteiger partial charge < -0.3 is 10.2 Å². The molecule has 0 saturated heterocycles. The van der Waals surface area contributed by atoms with Crippen LogP contribution in [0.25, 0.3) is 0 Å². The zero-order valence-electron chi connectivity index (χ0n) is 13.4. The second-order valence-corrected chi connectivity index (χ2v) is 5.33. The second kappa shape index (κ2) is 7.11. The molecule has 1 aromatic rings. The van der Waals surface area contributed by atoms with Crippen molar-refractivity contribution in [1.29, 1.82) is 0 Å². The Labute approximate surface area is 127 Å². The van der Waals surface area contributed by atoms with Crippen molar-refractivity contribution >= 4 is 11.9 Å². The number of guanidine groups is 2. The molecule has 0 aromatic heterocycles. The predicted molar refractivity (Wildman–Crippen MR) is 88.5 cm³/mol. The molecule has 2 rings (SSSR count). The van der Waals surface area contributed by atoms with E-state index in [2.05, 4.69) is 57.6 Å². The molecule has 5 nitrogen and oxygen atoms in total. The van der Waals surface area contributed by atoms with Crippen molar-refractivity contribution in [2.75, 3.05) is 27.7 Å². The molecule has 1 heterocycles. The summed E-state index contributed by atoms with van der Waals surface area (Å²) in [5.41, 5.74) is 1.38. The van der Waals surface area contributed by atoms with Crippen LogP contribution in [0, 0.1) is 0 Å². The molecule has 114 valence electrons. The molecule has 1 aliphatic rings. The van der Waals surface area contributed by atoms with Gasteiger partial charge in [0.25, 0.3) is 0 Å². The van der Waals surface area contributed by atoms with Crippen molar-refractivity contribution in [3.05, 3.63) is 35.9 Å². The molecule has 21 heavy (non-hydrogen) atoms. The van der Waals surface area contributed by atoms with Crippen molar-refractivity contribution in [1.82, 2.24) is 15.1 Å². The van der Waals surface area contributed by atoms with Gasteiger partial charge in [0.05, 0.1) is 0 Å². The minimum Gasteiger partial charge on any atom is -0.359 e. The Bertz CT molecular complexity index is 509. The monoisotopic (exact) mass is 287 g/mol. The van der Waals surface area contributed by atoms with Gasteiger partial charge in [-0.3, -0.25) is 4.90 Å². The lowest BCUT2D eigenvalue weighted by molar-refractivity contribution is 0.424. The predicted octanol–water partition coefficient (Wildman–Crippen LogP) is 1.77. The molecule has 0 fully saturated rings. The first-order chi connectivity index (χ1) is 10.1. The van der Waals surface area contributed by atoms with Crippen LogP contribution in [0.5, 0.6) is 0 Å². The van der Waals surface area contributed by atoms with E-state index < -0.39 is 0 Å². The van der Waals surface area contributed by atoms with Gasteiger partial charge in [-0.1, -0.05) is 30.3 Å². The van der Waals surface area contributed by atoms with Crippen LogP contribution < -0.4 is 5.32 Å². The van der Waals surface area contributed by atoms with Gasteiger partial charge in [-0.15, -0.1) is 0 Å². The van der Waals surface area contributed by atoms with Gasteiger partial charge in [-0.2, -0.15) is 0 Å². The normalized spacial score (nSPS) is 18.1. The Balaban J connectivity index is 1.89. The Morgan fingerprint density at radius 2 is 1.95 bits per heavy atom. The van der Waals surface area contributed by atoms with E-state index in [0.717, 1.165) is 31.3 Å². The third-order valence-electron chi connectivity index (χ3n) is 3.60. The van der Waals surface area contributed by atoms with Crippen LogP contribution in [0.1, 0.15) is 18.9 Å². The molecule has 0 aliphatic carbocycles. The fraction of sp³-hybridized carbons (Fsp3) is 0.500. The Hall–Kier alpha value is -2.04. The van der Waals surface area contributed by atoms with E-state index in [9.17, 15) is 0 Å². The fourth-order valence-corrected chi connectivity index (χ4v) is 2.49. The van der Waals surface area contributed by atoms with Gasteiger partial charge in [0, 0.05) is 27.7 Å². The highest BCUT2D eigenvalue weighted by atomic mass is 15.5. The second-order valence-electron chi connectivity index (χ2n) is 5.33. The van der Waals surface area contributed by atoms with Crippen molar-refractivity contribution in [2.45, 2.75) is 25.9 Å². The van der Waals surface area contributed by atoms with E-state index >= 15 is 0 Å². The summed E-state index contributed by atoms with van der Waals surface area (Å²) in [6, 6.07) is 10.6. The molecule has 0 saturated carbocycles. The number of aliphatic imine (C=N–C) groups is 2. The topological polar surface area (TPSA) is 43.2 Å². The van der Waals surface area contributed by atoms with Crippen LogP contribution >= 0.6 is 0 Å². The molecule has 0 bridgehead atoms. The lowest BCUT2D eigenvalue weighted by Crippen LogP contribution is -2.50. The van der Waals surface area contributed by atoms with Crippen LogP contribution in [0.15, 0.2) is 40.3 Å². The molecular weight excluding hydrogens is 262 g/mol. The fourth-order valence-electron chi connectivity index (χ4n) is 2.49. The number of hydrogen-bond acceptors (Lipinski definition) is 5. The lowest BCUT2D eigenvalue weighted by Gasteiger charge is -2.33. The van der Waals surface area contributed by atoms with Crippen molar-refractivity contribution in [3.63, 3.8) is 0 Å². The summed E-state index contributed by atoms with van der Waals surface area (Å²) in [6.45, 7) is 2.98. The highest BCUT2D eigenvalue weighted by Gasteiger charge is 2.21. The summed E-state index contributed by atoms with van der Waals surface area (Å²) >= 11 is 0. The molecule has 1 atom stereocenters. The van der Waals surface area contributed by atoms with Gasteiger partial charge in [-0.25, -0.2) is 9.98 Å². The van der Waals surface area contributed by atoms with Crippen LogP contribution in [0.2, 0.25) is 0 Å². The lowest BCUT2D eigenvalue weighted by atomic mass is 10.1. The van der Waals surface area contributed by atoms with Gasteiger partial charge >= 0.3 is 0 Å². The number of nitrogens with zero attached hydrogens (tertiary/aromatic N) is 4. The van der Waals surface area contributed by atoms with Gasteiger partial charge in [0.2, 0.25) is 11.9 Å². The third-order valence-corrected chi connectivity index (χ3v) is 3.60. The average Bonchev–Trinajstić information content (AvgIpc) is 2.50. The van der Waals surface area contributed by atoms with E-state index in [1.807, 2.05) is 25.9 Å². The van der Waals surface area contributed by atoms with Crippen molar-refractivity contribution in [3.8, 4) is 0 Å². The standard InChI is InChI=1S/C16H25N5/c1-13-18-15(17-2)21(4)16(19-13)20(3)12-8-11-14-9-6-5-7-10-14/h5-7,9-10,13H,8,11-12H2,1-4H3,(H,17,18). The molecule has 1 N–H and O–H groups in total. The summed E-state index contributed by atoms with van der Waals surface area (Å²) in [4.78, 5) is 13.3. The zero-order chi connectivity index (χ0) is 15.2. The van der Waals surface area contributed by atoms with E-state index in [0.29, 0.717) is 0 Å². The summed E-state index contributed by atoms with van der Waals surface area (Å²) in [6.07, 6.45) is 2.16. The number of aryl methyl sites for hydroxylation is 1. The molecule has 1 aliphatic heterocycles. The van der Waals surface area contributed by atoms with Crippen LogP contribution in [0.3, 0.4) is 0 Å². The van der Waals surface area contributed by atoms with Gasteiger partial charge in [-0.05, 0) is 25.3 Å². The first-order valence-corrected chi connectivity index (χ1v) is 7.44. The molecule has 0 radical (unpaired) electrons. The molecule has 0 amide bonds. The molecule has 1 unspecified atom stereocenters. The first kappa shape index (κ1) is 15.4. The van der Waals surface area contributed by atoms with Crippen LogP contribution in [0.4, 0.5) is 0 Å². The minimum atomic E-state index is -0.0322. The molecule has 5 heteroatoms. The van der Waals surface area contributed by atoms with Crippen LogP contribution in [-0.4, -0.2) is 55.6 Å². The summed E-state index contributed by atoms with van der Waals surface area (Å²) in [5.74, 6) is 1.83. The van der Waals surface area contributed by atoms with Gasteiger partial charge in [0.15, 0.2) is 0 Å². The number of nitrogens with one attached hydrogen (secondary N) is 1. The molecule has 0 spiro atoms. The van der Waals surface area contributed by atoms with Crippen molar-refractivity contribution in [2.24, 2.45) is 9.98 Å². The van der Waals surface area contributed by atoms with Crippen LogP contribution in [-0.2, 0) is 6.42 Å². The Morgan fingerprint density at radius 3 is 2.62 bits per heavy atom. The molecule has 1 aromatic carbocycles. The van der Waals surface area contributed by atoms with E-state index in [1.165, 1.54) is 5.56 Å². The summed E-state index contributed by atoms with van der Waals surface area (Å²) in [7, 11) is 5.97. The number of hydrogen-bond donors (Lipinski definition) is 1. The number of rotatable bonds is 4. The summed E-state index contributed by atoms with van der Waals surface area (Å²) < 4.78 is 0. The third kappa shape index (κ3) is 3.97. The van der Waals surface area contributed by atoms with Crippen molar-refractivity contribution < 1.29 is 0 Å². The Kier molecular flexibility index (Phi) is 5.20. The highest BCUT2D eigenvalue weighted by Crippen LogP contribution is 2.09. The average molecular weight is 287 g/mol. The first-order valence-electron chi connectivity index (χ1n) is 7.44. The minimum absolute atomic E-state index is 0.0322. The maximum atomic E-state index is 4.63. The maximum absolute atomic E-state index is 4.63. The van der Waals surface area contributed by atoms with E-state index in [1.54, 1.807) is 0 Å². The zero-order valence-corrected chi connectivity index (χ0v) is 13.4. The largest absolute Gasteiger partial charge is 0.359 e.